The molecule has 1 heterocycles. The number of carbonyl (C=O) groups is 1. The predicted molar refractivity (Wildman–Crippen MR) is 88.7 cm³/mol. The molecule has 0 radical (unpaired) electrons. The van der Waals surface area contributed by atoms with E-state index in [9.17, 15) is 4.79 Å². The Hall–Kier alpha value is -1.24. The van der Waals surface area contributed by atoms with Crippen LogP contribution in [0.1, 0.15) is 29.8 Å². The molecule has 21 heavy (non-hydrogen) atoms. The van der Waals surface area contributed by atoms with Crippen molar-refractivity contribution in [3.8, 4) is 0 Å². The third kappa shape index (κ3) is 3.70. The number of benzene rings is 1. The van der Waals surface area contributed by atoms with Crippen molar-refractivity contribution in [2.24, 2.45) is 4.99 Å². The van der Waals surface area contributed by atoms with Gasteiger partial charge in [0, 0.05) is 23.6 Å². The highest BCUT2D eigenvalue weighted by Gasteiger charge is 2.16. The zero-order valence-electron chi connectivity index (χ0n) is 12.1. The summed E-state index contributed by atoms with van der Waals surface area (Å²) in [5.74, 6) is -0.00763. The van der Waals surface area contributed by atoms with Crippen molar-refractivity contribution in [1.29, 1.82) is 0 Å². The summed E-state index contributed by atoms with van der Waals surface area (Å²) < 4.78 is 4.65. The summed E-state index contributed by atoms with van der Waals surface area (Å²) in [5.41, 5.74) is 2.27. The molecule has 2 rings (SSSR count). The van der Waals surface area contributed by atoms with Gasteiger partial charge in [0.2, 0.25) is 0 Å². The van der Waals surface area contributed by atoms with Crippen molar-refractivity contribution in [1.82, 2.24) is 9.27 Å². The topological polar surface area (TPSA) is 45.6 Å². The highest BCUT2D eigenvalue weighted by atomic mass is 35.5. The Bertz CT molecular complexity index is 704. The van der Waals surface area contributed by atoms with E-state index in [2.05, 4.69) is 9.37 Å². The van der Waals surface area contributed by atoms with Crippen LogP contribution in [0.2, 0.25) is 5.15 Å². The molecule has 0 bridgehead atoms. The highest BCUT2D eigenvalue weighted by molar-refractivity contribution is 7.66. The fourth-order valence-corrected chi connectivity index (χ4v) is 3.92. The van der Waals surface area contributed by atoms with Crippen LogP contribution >= 0.6 is 32.5 Å². The number of aromatic nitrogens is 1. The van der Waals surface area contributed by atoms with E-state index in [0.29, 0.717) is 34.2 Å². The van der Waals surface area contributed by atoms with Gasteiger partial charge < -0.3 is 4.90 Å². The average Bonchev–Trinajstić information content (AvgIpc) is 2.87. The van der Waals surface area contributed by atoms with Crippen LogP contribution in [-0.4, -0.2) is 28.3 Å². The first-order valence-corrected chi connectivity index (χ1v) is 9.11. The van der Waals surface area contributed by atoms with Gasteiger partial charge in [-0.15, -0.1) is 0 Å². The Labute approximate surface area is 136 Å². The largest absolute Gasteiger partial charge is 0.339 e. The molecule has 1 aromatic heterocycles. The number of aryl methyl sites for hydroxylation is 1. The number of nitrogens with zero attached hydrogens (tertiary/aromatic N) is 3. The first kappa shape index (κ1) is 16.1. The fourth-order valence-electron chi connectivity index (χ4n) is 1.93. The van der Waals surface area contributed by atoms with Gasteiger partial charge in [-0.1, -0.05) is 23.2 Å². The van der Waals surface area contributed by atoms with Gasteiger partial charge in [0.25, 0.3) is 5.91 Å². The molecule has 0 aliphatic rings. The lowest BCUT2D eigenvalue weighted by atomic mass is 10.1. The minimum absolute atomic E-state index is 0.00763. The van der Waals surface area contributed by atoms with Gasteiger partial charge in [-0.25, -0.2) is 4.99 Å². The second kappa shape index (κ2) is 7.15. The van der Waals surface area contributed by atoms with Gasteiger partial charge in [-0.3, -0.25) is 4.79 Å². The molecule has 0 saturated heterocycles. The van der Waals surface area contributed by atoms with Crippen molar-refractivity contribution < 1.29 is 4.79 Å². The summed E-state index contributed by atoms with van der Waals surface area (Å²) in [5, 5.41) is 0.381. The number of rotatable bonds is 4. The second-order valence-electron chi connectivity index (χ2n) is 4.45. The number of hydrogen-bond donors (Lipinski definition) is 0. The molecular formula is C14H16ClN3OS2. The van der Waals surface area contributed by atoms with Gasteiger partial charge in [-0.2, -0.15) is 4.37 Å². The van der Waals surface area contributed by atoms with E-state index in [-0.39, 0.29) is 5.91 Å². The van der Waals surface area contributed by atoms with Gasteiger partial charge in [0.15, 0.2) is 9.82 Å². The fraction of sp³-hybridized carbons (Fsp3) is 0.357. The first-order chi connectivity index (χ1) is 10.1. The Morgan fingerprint density at radius 1 is 1.38 bits per heavy atom. The Morgan fingerprint density at radius 3 is 2.67 bits per heavy atom. The second-order valence-corrected chi connectivity index (χ2v) is 6.65. The Kier molecular flexibility index (Phi) is 5.50. The molecule has 0 spiro atoms. The quantitative estimate of drug-likeness (QED) is 0.792. The van der Waals surface area contributed by atoms with Gasteiger partial charge in [0.1, 0.15) is 0 Å². The van der Waals surface area contributed by atoms with E-state index in [1.54, 1.807) is 4.90 Å². The normalized spacial score (nSPS) is 11.7. The van der Waals surface area contributed by atoms with E-state index in [0.717, 1.165) is 5.56 Å². The summed E-state index contributed by atoms with van der Waals surface area (Å²) in [4.78, 5) is 18.9. The predicted octanol–water partition coefficient (Wildman–Crippen LogP) is 3.88. The van der Waals surface area contributed by atoms with Crippen LogP contribution in [0.5, 0.6) is 0 Å². The van der Waals surface area contributed by atoms with E-state index >= 15 is 0 Å². The summed E-state index contributed by atoms with van der Waals surface area (Å²) in [6.45, 7) is 7.24. The van der Waals surface area contributed by atoms with Crippen LogP contribution in [0, 0.1) is 6.92 Å². The maximum Gasteiger partial charge on any atom is 0.256 e. The number of amides is 1. The summed E-state index contributed by atoms with van der Waals surface area (Å²) in [6, 6.07) is 5.67. The average molecular weight is 342 g/mol. The number of halogens is 1. The van der Waals surface area contributed by atoms with Crippen LogP contribution in [0.25, 0.3) is 0 Å². The summed E-state index contributed by atoms with van der Waals surface area (Å²) in [6.07, 6.45) is 0. The van der Waals surface area contributed by atoms with E-state index in [4.69, 9.17) is 11.6 Å². The number of carbonyl (C=O) groups excluding carboxylic acids is 1. The van der Waals surface area contributed by atoms with Gasteiger partial charge >= 0.3 is 0 Å². The SMILES string of the molecule is CCN(CC)C(=O)c1cc(C)ccc1N=c1ssnc1Cl. The minimum atomic E-state index is -0.00763. The lowest BCUT2D eigenvalue weighted by molar-refractivity contribution is 0.0773. The zero-order valence-corrected chi connectivity index (χ0v) is 14.5. The molecule has 0 saturated carbocycles. The van der Waals surface area contributed by atoms with Gasteiger partial charge in [0.05, 0.1) is 11.3 Å². The third-order valence-electron chi connectivity index (χ3n) is 3.07. The maximum absolute atomic E-state index is 12.6. The highest BCUT2D eigenvalue weighted by Crippen LogP contribution is 2.23. The van der Waals surface area contributed by atoms with Crippen LogP contribution in [0.4, 0.5) is 5.69 Å². The van der Waals surface area contributed by atoms with E-state index in [1.165, 1.54) is 20.9 Å². The molecule has 1 amide bonds. The Morgan fingerprint density at radius 2 is 2.10 bits per heavy atom. The molecule has 0 unspecified atom stereocenters. The summed E-state index contributed by atoms with van der Waals surface area (Å²) >= 11 is 5.99. The van der Waals surface area contributed by atoms with Crippen LogP contribution in [0.3, 0.4) is 0 Å². The first-order valence-electron chi connectivity index (χ1n) is 6.63. The molecule has 4 nitrogen and oxygen atoms in total. The lowest BCUT2D eigenvalue weighted by Crippen LogP contribution is -2.30. The third-order valence-corrected chi connectivity index (χ3v) is 5.24. The molecule has 0 atom stereocenters. The standard InChI is InChI=1S/C14H16ClN3OS2/c1-4-18(5-2)14(19)10-8-9(3)6-7-11(10)16-13-12(15)17-21-20-13/h6-8H,4-5H2,1-3H3. The van der Waals surface area contributed by atoms with Crippen LogP contribution in [0.15, 0.2) is 23.2 Å². The van der Waals surface area contributed by atoms with Crippen molar-refractivity contribution >= 4 is 44.1 Å². The molecule has 112 valence electrons. The smallest absolute Gasteiger partial charge is 0.256 e. The number of hydrogen-bond acceptors (Lipinski definition) is 5. The van der Waals surface area contributed by atoms with E-state index in [1.807, 2.05) is 39.0 Å². The molecule has 1 aromatic carbocycles. The molecule has 0 N–H and O–H groups in total. The Balaban J connectivity index is 2.53. The van der Waals surface area contributed by atoms with Crippen molar-refractivity contribution in [2.45, 2.75) is 20.8 Å². The molecule has 7 heteroatoms. The monoisotopic (exact) mass is 341 g/mol. The minimum Gasteiger partial charge on any atom is -0.339 e. The molecule has 0 aliphatic heterocycles. The van der Waals surface area contributed by atoms with E-state index < -0.39 is 0 Å². The molecule has 2 aromatic rings. The molecule has 0 aliphatic carbocycles. The van der Waals surface area contributed by atoms with Crippen molar-refractivity contribution in [3.63, 3.8) is 0 Å². The molecular weight excluding hydrogens is 326 g/mol. The van der Waals surface area contributed by atoms with Crippen LogP contribution in [-0.2, 0) is 0 Å². The van der Waals surface area contributed by atoms with Crippen LogP contribution < -0.4 is 4.67 Å². The van der Waals surface area contributed by atoms with Gasteiger partial charge in [-0.05, 0) is 43.2 Å². The van der Waals surface area contributed by atoms with Crippen molar-refractivity contribution in [3.05, 3.63) is 39.2 Å². The van der Waals surface area contributed by atoms with Crippen molar-refractivity contribution in [2.75, 3.05) is 13.1 Å². The lowest BCUT2D eigenvalue weighted by Gasteiger charge is -2.19. The summed E-state index contributed by atoms with van der Waals surface area (Å²) in [7, 11) is 2.68. The zero-order chi connectivity index (χ0) is 15.4. The maximum atomic E-state index is 12.6. The molecule has 0 fully saturated rings.